The molecule has 0 N–H and O–H groups in total. The van der Waals surface area contributed by atoms with Crippen molar-refractivity contribution in [1.82, 2.24) is 9.21 Å². The summed E-state index contributed by atoms with van der Waals surface area (Å²) < 4.78 is 58.3. The fourth-order valence-electron chi connectivity index (χ4n) is 2.95. The number of hydrogen-bond donors (Lipinski definition) is 0. The van der Waals surface area contributed by atoms with Gasteiger partial charge in [-0.25, -0.2) is 17.2 Å². The van der Waals surface area contributed by atoms with E-state index in [1.807, 2.05) is 0 Å². The second-order valence-electron chi connectivity index (χ2n) is 6.10. The summed E-state index contributed by atoms with van der Waals surface area (Å²) in [7, 11) is -2.21. The summed E-state index contributed by atoms with van der Waals surface area (Å²) in [5.74, 6) is -0.688. The van der Waals surface area contributed by atoms with Crippen LogP contribution in [0.1, 0.15) is 5.56 Å². The largest absolute Gasteiger partial charge is 0.494 e. The Kier molecular flexibility index (Phi) is 5.55. The maximum absolute atomic E-state index is 13.8. The first-order valence-corrected chi connectivity index (χ1v) is 9.64. The van der Waals surface area contributed by atoms with E-state index in [2.05, 4.69) is 4.90 Å². The third-order valence-corrected chi connectivity index (χ3v) is 6.32. The molecule has 0 aliphatic carbocycles. The average Bonchev–Trinajstić information content (AvgIpc) is 2.63. The average molecular weight is 382 g/mol. The summed E-state index contributed by atoms with van der Waals surface area (Å²) in [6.45, 7) is 2.27. The molecule has 0 amide bonds. The van der Waals surface area contributed by atoms with Gasteiger partial charge in [0.2, 0.25) is 10.0 Å². The Bertz CT molecular complexity index is 865. The number of methoxy groups -OCH3 is 1. The van der Waals surface area contributed by atoms with E-state index < -0.39 is 21.7 Å². The van der Waals surface area contributed by atoms with Gasteiger partial charge in [0.1, 0.15) is 5.82 Å². The van der Waals surface area contributed by atoms with Crippen LogP contribution in [0.4, 0.5) is 8.78 Å². The first-order valence-electron chi connectivity index (χ1n) is 8.20. The molecule has 0 radical (unpaired) electrons. The van der Waals surface area contributed by atoms with Crippen LogP contribution >= 0.6 is 0 Å². The molecule has 5 nitrogen and oxygen atoms in total. The lowest BCUT2D eigenvalue weighted by molar-refractivity contribution is 0.181. The lowest BCUT2D eigenvalue weighted by Crippen LogP contribution is -2.48. The minimum atomic E-state index is -3.63. The third kappa shape index (κ3) is 4.03. The van der Waals surface area contributed by atoms with Crippen molar-refractivity contribution in [3.05, 3.63) is 59.7 Å². The molecule has 0 saturated carbocycles. The second kappa shape index (κ2) is 7.69. The molecular formula is C18H20F2N2O3S. The molecule has 0 atom stereocenters. The number of benzene rings is 2. The monoisotopic (exact) mass is 382 g/mol. The van der Waals surface area contributed by atoms with E-state index in [0.717, 1.165) is 17.7 Å². The fourth-order valence-corrected chi connectivity index (χ4v) is 4.37. The molecule has 1 aliphatic heterocycles. The Labute approximate surface area is 151 Å². The second-order valence-corrected chi connectivity index (χ2v) is 8.04. The number of hydrogen-bond acceptors (Lipinski definition) is 4. The van der Waals surface area contributed by atoms with Gasteiger partial charge in [0.15, 0.2) is 11.6 Å². The highest BCUT2D eigenvalue weighted by Gasteiger charge is 2.28. The van der Waals surface area contributed by atoms with Crippen molar-refractivity contribution >= 4 is 10.0 Å². The van der Waals surface area contributed by atoms with Gasteiger partial charge in [0, 0.05) is 32.7 Å². The van der Waals surface area contributed by atoms with Crippen molar-refractivity contribution in [2.45, 2.75) is 11.4 Å². The molecule has 8 heteroatoms. The molecule has 0 spiro atoms. The van der Waals surface area contributed by atoms with Crippen LogP contribution in [0, 0.1) is 11.6 Å². The van der Waals surface area contributed by atoms with Crippen molar-refractivity contribution in [3.8, 4) is 5.75 Å². The van der Waals surface area contributed by atoms with Gasteiger partial charge in [-0.2, -0.15) is 4.31 Å². The lowest BCUT2D eigenvalue weighted by Gasteiger charge is -2.34. The number of halogens is 2. The molecule has 0 aromatic heterocycles. The molecule has 0 unspecified atom stereocenters. The molecule has 0 bridgehead atoms. The van der Waals surface area contributed by atoms with Gasteiger partial charge in [-0.1, -0.05) is 6.07 Å². The first-order chi connectivity index (χ1) is 12.4. The first kappa shape index (κ1) is 18.8. The van der Waals surface area contributed by atoms with Crippen LogP contribution in [0.15, 0.2) is 47.4 Å². The maximum atomic E-state index is 13.8. The Balaban J connectivity index is 1.62. The number of ether oxygens (including phenoxy) is 1. The zero-order valence-electron chi connectivity index (χ0n) is 14.4. The van der Waals surface area contributed by atoms with E-state index in [1.54, 1.807) is 12.1 Å². The van der Waals surface area contributed by atoms with Crippen LogP contribution in [-0.2, 0) is 16.6 Å². The molecule has 2 aromatic rings. The highest BCUT2D eigenvalue weighted by atomic mass is 32.2. The van der Waals surface area contributed by atoms with E-state index in [4.69, 9.17) is 4.74 Å². The van der Waals surface area contributed by atoms with Gasteiger partial charge in [-0.15, -0.1) is 0 Å². The SMILES string of the molecule is COc1ccc(CN2CCN(S(=O)(=O)c3ccc(F)cc3)CC2)cc1F. The summed E-state index contributed by atoms with van der Waals surface area (Å²) in [5.41, 5.74) is 0.804. The van der Waals surface area contributed by atoms with Gasteiger partial charge in [0.25, 0.3) is 0 Å². The number of sulfonamides is 1. The van der Waals surface area contributed by atoms with Crippen molar-refractivity contribution in [2.24, 2.45) is 0 Å². The minimum absolute atomic E-state index is 0.0876. The molecular weight excluding hydrogens is 362 g/mol. The van der Waals surface area contributed by atoms with Gasteiger partial charge in [-0.3, -0.25) is 4.90 Å². The van der Waals surface area contributed by atoms with Crippen LogP contribution in [0.25, 0.3) is 0 Å². The molecule has 1 saturated heterocycles. The van der Waals surface area contributed by atoms with Crippen molar-refractivity contribution in [3.63, 3.8) is 0 Å². The molecule has 1 aliphatic rings. The highest BCUT2D eigenvalue weighted by Crippen LogP contribution is 2.21. The quantitative estimate of drug-likeness (QED) is 0.797. The standard InChI is InChI=1S/C18H20F2N2O3S/c1-25-18-7-2-14(12-17(18)20)13-21-8-10-22(11-9-21)26(23,24)16-5-3-15(19)4-6-16/h2-7,12H,8-11,13H2,1H3. The Morgan fingerprint density at radius 2 is 1.65 bits per heavy atom. The summed E-state index contributed by atoms with van der Waals surface area (Å²) in [4.78, 5) is 2.15. The molecule has 3 rings (SSSR count). The normalized spacial score (nSPS) is 16.6. The van der Waals surface area contributed by atoms with Crippen LogP contribution < -0.4 is 4.74 Å². The van der Waals surface area contributed by atoms with Crippen LogP contribution in [-0.4, -0.2) is 50.9 Å². The lowest BCUT2D eigenvalue weighted by atomic mass is 10.2. The molecule has 1 fully saturated rings. The number of piperazine rings is 1. The summed E-state index contributed by atoms with van der Waals surface area (Å²) in [6.07, 6.45) is 0. The summed E-state index contributed by atoms with van der Waals surface area (Å²) in [5, 5.41) is 0. The van der Waals surface area contributed by atoms with Gasteiger partial charge in [0.05, 0.1) is 12.0 Å². The zero-order valence-corrected chi connectivity index (χ0v) is 15.2. The molecule has 26 heavy (non-hydrogen) atoms. The van der Waals surface area contributed by atoms with Crippen LogP contribution in [0.3, 0.4) is 0 Å². The predicted octanol–water partition coefficient (Wildman–Crippen LogP) is 2.48. The highest BCUT2D eigenvalue weighted by molar-refractivity contribution is 7.89. The van der Waals surface area contributed by atoms with Crippen LogP contribution in [0.2, 0.25) is 0 Å². The number of nitrogens with zero attached hydrogens (tertiary/aromatic N) is 2. The molecule has 140 valence electrons. The summed E-state index contributed by atoms with van der Waals surface area (Å²) in [6, 6.07) is 9.64. The van der Waals surface area contributed by atoms with E-state index >= 15 is 0 Å². The van der Waals surface area contributed by atoms with Crippen molar-refractivity contribution in [2.75, 3.05) is 33.3 Å². The van der Waals surface area contributed by atoms with Crippen LogP contribution in [0.5, 0.6) is 5.75 Å². The minimum Gasteiger partial charge on any atom is -0.494 e. The Morgan fingerprint density at radius 3 is 2.23 bits per heavy atom. The Morgan fingerprint density at radius 1 is 1.00 bits per heavy atom. The third-order valence-electron chi connectivity index (χ3n) is 4.41. The maximum Gasteiger partial charge on any atom is 0.243 e. The smallest absolute Gasteiger partial charge is 0.243 e. The van der Waals surface area contributed by atoms with Gasteiger partial charge < -0.3 is 4.74 Å². The molecule has 2 aromatic carbocycles. The Hall–Kier alpha value is -2.03. The van der Waals surface area contributed by atoms with Gasteiger partial charge >= 0.3 is 0 Å². The van der Waals surface area contributed by atoms with E-state index in [1.165, 1.54) is 29.6 Å². The van der Waals surface area contributed by atoms with E-state index in [0.29, 0.717) is 32.7 Å². The van der Waals surface area contributed by atoms with E-state index in [9.17, 15) is 17.2 Å². The topological polar surface area (TPSA) is 49.9 Å². The van der Waals surface area contributed by atoms with E-state index in [-0.39, 0.29) is 10.6 Å². The predicted molar refractivity (Wildman–Crippen MR) is 93.4 cm³/mol. The number of rotatable bonds is 5. The van der Waals surface area contributed by atoms with Crippen molar-refractivity contribution < 1.29 is 21.9 Å². The van der Waals surface area contributed by atoms with Crippen molar-refractivity contribution in [1.29, 1.82) is 0 Å². The molecule has 1 heterocycles. The summed E-state index contributed by atoms with van der Waals surface area (Å²) >= 11 is 0. The zero-order chi connectivity index (χ0) is 18.7. The van der Waals surface area contributed by atoms with Gasteiger partial charge in [-0.05, 0) is 42.0 Å². The fraction of sp³-hybridized carbons (Fsp3) is 0.333.